The van der Waals surface area contributed by atoms with Gasteiger partial charge in [-0.15, -0.1) is 0 Å². The molecule has 108 valence electrons. The molecule has 0 saturated carbocycles. The summed E-state index contributed by atoms with van der Waals surface area (Å²) in [6, 6.07) is 5.85. The smallest absolute Gasteiger partial charge is 0.144 e. The Morgan fingerprint density at radius 2 is 2.00 bits per heavy atom. The molecule has 0 aliphatic heterocycles. The molecule has 0 fully saturated rings. The zero-order valence-corrected chi connectivity index (χ0v) is 12.1. The van der Waals surface area contributed by atoms with Gasteiger partial charge >= 0.3 is 0 Å². The topological polar surface area (TPSA) is 56.5 Å². The molecule has 19 heavy (non-hydrogen) atoms. The summed E-state index contributed by atoms with van der Waals surface area (Å²) in [5.41, 5.74) is 7.63. The fourth-order valence-electron chi connectivity index (χ4n) is 1.76. The predicted octanol–water partition coefficient (Wildman–Crippen LogP) is 3.29. The summed E-state index contributed by atoms with van der Waals surface area (Å²) in [7, 11) is 1.74. The Labute approximate surface area is 116 Å². The van der Waals surface area contributed by atoms with Crippen molar-refractivity contribution in [3.63, 3.8) is 0 Å². The van der Waals surface area contributed by atoms with E-state index in [4.69, 9.17) is 15.2 Å². The highest BCUT2D eigenvalue weighted by atomic mass is 16.5. The highest BCUT2D eigenvalue weighted by Gasteiger charge is 2.01. The van der Waals surface area contributed by atoms with E-state index < -0.39 is 0 Å². The number of benzene rings is 1. The number of nitrogens with one attached hydrogen (secondary N) is 1. The molecule has 4 nitrogen and oxygen atoms in total. The van der Waals surface area contributed by atoms with Crippen molar-refractivity contribution < 1.29 is 9.47 Å². The first-order chi connectivity index (χ1) is 9.27. The molecule has 4 heteroatoms. The van der Waals surface area contributed by atoms with Crippen molar-refractivity contribution in [2.24, 2.45) is 0 Å². The predicted molar refractivity (Wildman–Crippen MR) is 80.9 cm³/mol. The Bertz CT molecular complexity index is 356. The molecule has 0 atom stereocenters. The highest BCUT2D eigenvalue weighted by molar-refractivity contribution is 5.61. The van der Waals surface area contributed by atoms with E-state index in [0.717, 1.165) is 43.9 Å². The van der Waals surface area contributed by atoms with Crippen LogP contribution in [0, 0.1) is 0 Å². The van der Waals surface area contributed by atoms with Crippen LogP contribution in [0.15, 0.2) is 18.2 Å². The van der Waals surface area contributed by atoms with Gasteiger partial charge in [-0.3, -0.25) is 0 Å². The van der Waals surface area contributed by atoms with Crippen molar-refractivity contribution in [1.82, 2.24) is 0 Å². The molecule has 0 unspecified atom stereocenters. The maximum atomic E-state index is 5.87. The van der Waals surface area contributed by atoms with Crippen LogP contribution in [0.1, 0.15) is 32.6 Å². The van der Waals surface area contributed by atoms with E-state index in [-0.39, 0.29) is 0 Å². The van der Waals surface area contributed by atoms with Crippen molar-refractivity contribution in [3.05, 3.63) is 18.2 Å². The molecule has 0 spiro atoms. The monoisotopic (exact) mass is 266 g/mol. The molecular formula is C15H26N2O2. The molecule has 0 aliphatic rings. The average molecular weight is 266 g/mol. The van der Waals surface area contributed by atoms with E-state index in [9.17, 15) is 0 Å². The highest BCUT2D eigenvalue weighted by Crippen LogP contribution is 2.25. The summed E-state index contributed by atoms with van der Waals surface area (Å²) < 4.78 is 10.6. The quantitative estimate of drug-likeness (QED) is 0.504. The molecule has 0 amide bonds. The first-order valence-electron chi connectivity index (χ1n) is 7.03. The van der Waals surface area contributed by atoms with Crippen molar-refractivity contribution in [2.75, 3.05) is 37.9 Å². The summed E-state index contributed by atoms with van der Waals surface area (Å²) in [5, 5.41) is 3.39. The minimum atomic E-state index is 0.694. The van der Waals surface area contributed by atoms with Crippen LogP contribution in [0.25, 0.3) is 0 Å². The fourth-order valence-corrected chi connectivity index (χ4v) is 1.76. The largest absolute Gasteiger partial charge is 0.491 e. The molecule has 0 heterocycles. The minimum Gasteiger partial charge on any atom is -0.491 e. The lowest BCUT2D eigenvalue weighted by molar-refractivity contribution is 0.192. The van der Waals surface area contributed by atoms with Gasteiger partial charge in [0.1, 0.15) is 5.75 Å². The lowest BCUT2D eigenvalue weighted by Crippen LogP contribution is -2.04. The number of hydrogen-bond acceptors (Lipinski definition) is 4. The van der Waals surface area contributed by atoms with Gasteiger partial charge in [-0.2, -0.15) is 0 Å². The Morgan fingerprint density at radius 1 is 1.16 bits per heavy atom. The number of unbranched alkanes of at least 4 members (excludes halogenated alkanes) is 2. The number of hydrogen-bond donors (Lipinski definition) is 2. The van der Waals surface area contributed by atoms with Gasteiger partial charge in [-0.25, -0.2) is 0 Å². The standard InChI is InChI=1S/C15H26N2O2/c1-3-10-19-15-12-13(7-8-14(15)16)17-9-5-4-6-11-18-2/h7-8,12,17H,3-6,9-11,16H2,1-2H3. The molecule has 0 radical (unpaired) electrons. The molecule has 0 aromatic heterocycles. The van der Waals surface area contributed by atoms with Crippen LogP contribution in [0.4, 0.5) is 11.4 Å². The Kier molecular flexibility index (Phi) is 7.82. The van der Waals surface area contributed by atoms with Crippen LogP contribution in [0.3, 0.4) is 0 Å². The second-order valence-electron chi connectivity index (χ2n) is 4.58. The van der Waals surface area contributed by atoms with Crippen molar-refractivity contribution in [1.29, 1.82) is 0 Å². The van der Waals surface area contributed by atoms with E-state index in [1.165, 1.54) is 6.42 Å². The van der Waals surface area contributed by atoms with Crippen LogP contribution < -0.4 is 15.8 Å². The lowest BCUT2D eigenvalue weighted by atomic mass is 10.2. The molecule has 1 aromatic carbocycles. The molecule has 1 aromatic rings. The molecule has 0 aliphatic carbocycles. The van der Waals surface area contributed by atoms with Crippen LogP contribution in [-0.2, 0) is 4.74 Å². The minimum absolute atomic E-state index is 0.694. The molecule has 0 bridgehead atoms. The van der Waals surface area contributed by atoms with Gasteiger partial charge in [0, 0.05) is 32.0 Å². The van der Waals surface area contributed by atoms with Crippen molar-refractivity contribution in [2.45, 2.75) is 32.6 Å². The molecular weight excluding hydrogens is 240 g/mol. The van der Waals surface area contributed by atoms with E-state index >= 15 is 0 Å². The molecule has 0 saturated heterocycles. The van der Waals surface area contributed by atoms with Gasteiger partial charge in [-0.05, 0) is 37.8 Å². The summed E-state index contributed by atoms with van der Waals surface area (Å²) in [5.74, 6) is 0.770. The summed E-state index contributed by atoms with van der Waals surface area (Å²) in [4.78, 5) is 0. The molecule has 3 N–H and O–H groups in total. The van der Waals surface area contributed by atoms with Gasteiger partial charge < -0.3 is 20.5 Å². The number of nitrogen functional groups attached to an aromatic ring is 1. The van der Waals surface area contributed by atoms with Gasteiger partial charge in [0.15, 0.2) is 0 Å². The third kappa shape index (κ3) is 6.34. The number of methoxy groups -OCH3 is 1. The van der Waals surface area contributed by atoms with Crippen LogP contribution >= 0.6 is 0 Å². The van der Waals surface area contributed by atoms with Crippen LogP contribution in [0.2, 0.25) is 0 Å². The van der Waals surface area contributed by atoms with Gasteiger partial charge in [-0.1, -0.05) is 6.92 Å². The van der Waals surface area contributed by atoms with Gasteiger partial charge in [0.25, 0.3) is 0 Å². The van der Waals surface area contributed by atoms with E-state index in [1.54, 1.807) is 7.11 Å². The van der Waals surface area contributed by atoms with Crippen LogP contribution in [0.5, 0.6) is 5.75 Å². The second kappa shape index (κ2) is 9.50. The maximum absolute atomic E-state index is 5.87. The third-order valence-electron chi connectivity index (χ3n) is 2.83. The number of rotatable bonds is 10. The summed E-state index contributed by atoms with van der Waals surface area (Å²) >= 11 is 0. The van der Waals surface area contributed by atoms with E-state index in [1.807, 2.05) is 18.2 Å². The second-order valence-corrected chi connectivity index (χ2v) is 4.58. The molecule has 1 rings (SSSR count). The van der Waals surface area contributed by atoms with Crippen molar-refractivity contribution >= 4 is 11.4 Å². The maximum Gasteiger partial charge on any atom is 0.144 e. The Morgan fingerprint density at radius 3 is 2.74 bits per heavy atom. The van der Waals surface area contributed by atoms with Gasteiger partial charge in [0.2, 0.25) is 0 Å². The Hall–Kier alpha value is -1.42. The first-order valence-corrected chi connectivity index (χ1v) is 7.03. The first kappa shape index (κ1) is 15.6. The summed E-state index contributed by atoms with van der Waals surface area (Å²) in [6.45, 7) is 4.58. The third-order valence-corrected chi connectivity index (χ3v) is 2.83. The fraction of sp³-hybridized carbons (Fsp3) is 0.600. The van der Waals surface area contributed by atoms with E-state index in [0.29, 0.717) is 12.3 Å². The number of ether oxygens (including phenoxy) is 2. The zero-order valence-electron chi connectivity index (χ0n) is 12.1. The Balaban J connectivity index is 2.33. The lowest BCUT2D eigenvalue weighted by Gasteiger charge is -2.11. The van der Waals surface area contributed by atoms with Gasteiger partial charge in [0.05, 0.1) is 12.3 Å². The average Bonchev–Trinajstić information content (AvgIpc) is 2.43. The normalized spacial score (nSPS) is 10.4. The number of nitrogens with two attached hydrogens (primary N) is 1. The van der Waals surface area contributed by atoms with Crippen molar-refractivity contribution in [3.8, 4) is 5.75 Å². The SMILES string of the molecule is CCCOc1cc(NCCCCCOC)ccc1N. The summed E-state index contributed by atoms with van der Waals surface area (Å²) in [6.07, 6.45) is 4.41. The zero-order chi connectivity index (χ0) is 13.9. The van der Waals surface area contributed by atoms with Crippen LogP contribution in [-0.4, -0.2) is 26.9 Å². The van der Waals surface area contributed by atoms with E-state index in [2.05, 4.69) is 12.2 Å². The number of anilines is 2.